The third-order valence-electron chi connectivity index (χ3n) is 4.80. The Labute approximate surface area is 186 Å². The molecule has 8 nitrogen and oxygen atoms in total. The molecule has 0 saturated carbocycles. The maximum Gasteiger partial charge on any atom is 0.320 e. The van der Waals surface area contributed by atoms with E-state index >= 15 is 0 Å². The minimum absolute atomic E-state index is 0.396. The van der Waals surface area contributed by atoms with E-state index in [0.29, 0.717) is 23.2 Å². The standard InChI is InChI=1S/C24H24N6O2/c1-3-17-8-7-11-20(14-17)32-21-13-12-19(15-25-21)27-24(31)28-22(18-9-5-4-6-10-18)23-26-16(2)29-30-23/h4-15,22H,3H2,1-2H3,(H,26,29,30)(H2,27,28,31). The van der Waals surface area contributed by atoms with Crippen molar-refractivity contribution in [2.24, 2.45) is 0 Å². The molecule has 2 aromatic carbocycles. The number of carbonyl (C=O) groups excluding carboxylic acids is 1. The van der Waals surface area contributed by atoms with Crippen LogP contribution in [0.25, 0.3) is 0 Å². The smallest absolute Gasteiger partial charge is 0.320 e. The van der Waals surface area contributed by atoms with Crippen LogP contribution in [0.15, 0.2) is 72.9 Å². The number of nitrogens with one attached hydrogen (secondary N) is 3. The van der Waals surface area contributed by atoms with Crippen LogP contribution in [0, 0.1) is 6.92 Å². The second kappa shape index (κ2) is 9.74. The Morgan fingerprint density at radius 2 is 1.94 bits per heavy atom. The maximum atomic E-state index is 12.7. The van der Waals surface area contributed by atoms with Gasteiger partial charge in [-0.15, -0.1) is 0 Å². The molecule has 3 N–H and O–H groups in total. The number of benzene rings is 2. The van der Waals surface area contributed by atoms with Gasteiger partial charge < -0.3 is 15.4 Å². The van der Waals surface area contributed by atoms with Crippen molar-refractivity contribution >= 4 is 11.7 Å². The molecule has 0 bridgehead atoms. The lowest BCUT2D eigenvalue weighted by atomic mass is 10.1. The van der Waals surface area contributed by atoms with Crippen molar-refractivity contribution in [1.82, 2.24) is 25.5 Å². The van der Waals surface area contributed by atoms with Crippen LogP contribution < -0.4 is 15.4 Å². The number of aromatic nitrogens is 4. The van der Waals surface area contributed by atoms with Gasteiger partial charge in [0.15, 0.2) is 5.82 Å². The van der Waals surface area contributed by atoms with Crippen molar-refractivity contribution in [2.45, 2.75) is 26.3 Å². The number of aromatic amines is 1. The first kappa shape index (κ1) is 21.0. The number of urea groups is 1. The Kier molecular flexibility index (Phi) is 6.41. The summed E-state index contributed by atoms with van der Waals surface area (Å²) in [7, 11) is 0. The highest BCUT2D eigenvalue weighted by atomic mass is 16.5. The van der Waals surface area contributed by atoms with Gasteiger partial charge >= 0.3 is 6.03 Å². The van der Waals surface area contributed by atoms with Crippen LogP contribution in [0.1, 0.15) is 35.7 Å². The summed E-state index contributed by atoms with van der Waals surface area (Å²) >= 11 is 0. The zero-order chi connectivity index (χ0) is 22.3. The Balaban J connectivity index is 1.42. The van der Waals surface area contributed by atoms with Crippen LogP contribution in [0.2, 0.25) is 0 Å². The van der Waals surface area contributed by atoms with Gasteiger partial charge in [-0.25, -0.2) is 14.8 Å². The number of pyridine rings is 1. The summed E-state index contributed by atoms with van der Waals surface area (Å²) in [6.07, 6.45) is 2.48. The number of aryl methyl sites for hydroxylation is 2. The van der Waals surface area contributed by atoms with Gasteiger partial charge in [-0.05, 0) is 42.7 Å². The van der Waals surface area contributed by atoms with E-state index in [2.05, 4.69) is 43.8 Å². The highest BCUT2D eigenvalue weighted by Gasteiger charge is 2.21. The average molecular weight is 428 g/mol. The number of rotatable bonds is 7. The fourth-order valence-corrected chi connectivity index (χ4v) is 3.19. The van der Waals surface area contributed by atoms with E-state index in [1.165, 1.54) is 5.56 Å². The first-order chi connectivity index (χ1) is 15.6. The first-order valence-electron chi connectivity index (χ1n) is 10.3. The van der Waals surface area contributed by atoms with Crippen LogP contribution in [0.4, 0.5) is 10.5 Å². The number of amides is 2. The summed E-state index contributed by atoms with van der Waals surface area (Å²) in [5, 5.41) is 12.7. The number of ether oxygens (including phenoxy) is 1. The third-order valence-corrected chi connectivity index (χ3v) is 4.80. The summed E-state index contributed by atoms with van der Waals surface area (Å²) < 4.78 is 5.80. The van der Waals surface area contributed by atoms with Gasteiger partial charge in [0.1, 0.15) is 17.6 Å². The molecular formula is C24H24N6O2. The molecule has 1 atom stereocenters. The quantitative estimate of drug-likeness (QED) is 0.393. The number of carbonyl (C=O) groups is 1. The molecule has 0 aliphatic rings. The van der Waals surface area contributed by atoms with Crippen molar-refractivity contribution in [1.29, 1.82) is 0 Å². The van der Waals surface area contributed by atoms with Crippen molar-refractivity contribution in [2.75, 3.05) is 5.32 Å². The molecule has 8 heteroatoms. The number of hydrogen-bond acceptors (Lipinski definition) is 5. The van der Waals surface area contributed by atoms with Crippen molar-refractivity contribution in [3.8, 4) is 11.6 Å². The van der Waals surface area contributed by atoms with Crippen LogP contribution in [0.3, 0.4) is 0 Å². The Morgan fingerprint density at radius 3 is 2.62 bits per heavy atom. The minimum atomic E-state index is -0.498. The zero-order valence-corrected chi connectivity index (χ0v) is 17.9. The molecule has 0 saturated heterocycles. The second-order valence-electron chi connectivity index (χ2n) is 7.21. The number of hydrogen-bond donors (Lipinski definition) is 3. The molecule has 2 amide bonds. The molecule has 32 heavy (non-hydrogen) atoms. The third kappa shape index (κ3) is 5.28. The van der Waals surface area contributed by atoms with Gasteiger partial charge in [0.25, 0.3) is 0 Å². The molecule has 0 radical (unpaired) electrons. The highest BCUT2D eigenvalue weighted by Crippen LogP contribution is 2.22. The lowest BCUT2D eigenvalue weighted by Crippen LogP contribution is -2.33. The van der Waals surface area contributed by atoms with E-state index < -0.39 is 12.1 Å². The fourth-order valence-electron chi connectivity index (χ4n) is 3.19. The first-order valence-corrected chi connectivity index (χ1v) is 10.3. The highest BCUT2D eigenvalue weighted by molar-refractivity contribution is 5.89. The molecule has 2 heterocycles. The molecule has 4 rings (SSSR count). The van der Waals surface area contributed by atoms with Crippen LogP contribution in [0.5, 0.6) is 11.6 Å². The number of H-pyrrole nitrogens is 1. The molecule has 4 aromatic rings. The van der Waals surface area contributed by atoms with Crippen molar-refractivity contribution in [3.63, 3.8) is 0 Å². The van der Waals surface area contributed by atoms with E-state index in [0.717, 1.165) is 17.7 Å². The van der Waals surface area contributed by atoms with Crippen LogP contribution >= 0.6 is 0 Å². The largest absolute Gasteiger partial charge is 0.439 e. The molecule has 1 unspecified atom stereocenters. The summed E-state index contributed by atoms with van der Waals surface area (Å²) in [5.41, 5.74) is 2.60. The maximum absolute atomic E-state index is 12.7. The predicted molar refractivity (Wildman–Crippen MR) is 122 cm³/mol. The fraction of sp³-hybridized carbons (Fsp3) is 0.167. The van der Waals surface area contributed by atoms with Crippen LogP contribution in [-0.2, 0) is 6.42 Å². The van der Waals surface area contributed by atoms with Gasteiger partial charge in [-0.1, -0.05) is 49.4 Å². The second-order valence-corrected chi connectivity index (χ2v) is 7.21. The summed E-state index contributed by atoms with van der Waals surface area (Å²) in [6.45, 7) is 3.90. The Hall–Kier alpha value is -4.20. The van der Waals surface area contributed by atoms with Crippen molar-refractivity contribution in [3.05, 3.63) is 95.7 Å². The molecular weight excluding hydrogens is 404 g/mol. The summed E-state index contributed by atoms with van der Waals surface area (Å²) in [6, 6.07) is 20.0. The SMILES string of the molecule is CCc1cccc(Oc2ccc(NC(=O)NC(c3ccccc3)c3n[nH]c(C)n3)cn2)c1. The van der Waals surface area contributed by atoms with E-state index in [-0.39, 0.29) is 0 Å². The Bertz CT molecular complexity index is 1170. The van der Waals surface area contributed by atoms with Gasteiger partial charge in [0.2, 0.25) is 5.88 Å². The molecule has 162 valence electrons. The van der Waals surface area contributed by atoms with E-state index in [4.69, 9.17) is 4.74 Å². The van der Waals surface area contributed by atoms with Gasteiger partial charge in [-0.2, -0.15) is 5.10 Å². The minimum Gasteiger partial charge on any atom is -0.439 e. The van der Waals surface area contributed by atoms with E-state index in [1.54, 1.807) is 18.3 Å². The topological polar surface area (TPSA) is 105 Å². The lowest BCUT2D eigenvalue weighted by Gasteiger charge is -2.17. The van der Waals surface area contributed by atoms with Crippen molar-refractivity contribution < 1.29 is 9.53 Å². The average Bonchev–Trinajstić information content (AvgIpc) is 3.25. The summed E-state index contributed by atoms with van der Waals surface area (Å²) in [4.78, 5) is 21.3. The predicted octanol–water partition coefficient (Wildman–Crippen LogP) is 4.77. The molecule has 0 aliphatic carbocycles. The summed E-state index contributed by atoms with van der Waals surface area (Å²) in [5.74, 6) is 2.33. The zero-order valence-electron chi connectivity index (χ0n) is 17.9. The number of anilines is 1. The van der Waals surface area contributed by atoms with E-state index in [9.17, 15) is 4.79 Å². The molecule has 0 fully saturated rings. The molecule has 2 aromatic heterocycles. The van der Waals surface area contributed by atoms with Gasteiger partial charge in [-0.3, -0.25) is 5.10 Å². The molecule has 0 spiro atoms. The van der Waals surface area contributed by atoms with Gasteiger partial charge in [0.05, 0.1) is 11.9 Å². The normalized spacial score (nSPS) is 11.6. The van der Waals surface area contributed by atoms with E-state index in [1.807, 2.05) is 55.5 Å². The number of nitrogens with zero attached hydrogens (tertiary/aromatic N) is 3. The lowest BCUT2D eigenvalue weighted by molar-refractivity contribution is 0.249. The Morgan fingerprint density at radius 1 is 1.09 bits per heavy atom. The molecule has 0 aliphatic heterocycles. The van der Waals surface area contributed by atoms with Gasteiger partial charge in [0, 0.05) is 6.07 Å². The monoisotopic (exact) mass is 428 g/mol. The van der Waals surface area contributed by atoms with Crippen LogP contribution in [-0.4, -0.2) is 26.2 Å².